The number of hydrogen-bond acceptors (Lipinski definition) is 4. The maximum Gasteiger partial charge on any atom is 0.257 e. The molecular formula is C22H22N4O2. The van der Waals surface area contributed by atoms with Crippen LogP contribution in [0.3, 0.4) is 0 Å². The number of benzene rings is 2. The van der Waals surface area contributed by atoms with Gasteiger partial charge in [0.15, 0.2) is 0 Å². The molecule has 0 unspecified atom stereocenters. The average molecular weight is 374 g/mol. The minimum Gasteiger partial charge on any atom is -0.497 e. The molecule has 0 aliphatic rings. The van der Waals surface area contributed by atoms with E-state index in [0.717, 1.165) is 16.8 Å². The average Bonchev–Trinajstić information content (AvgIpc) is 2.73. The normalized spacial score (nSPS) is 11.0. The molecular weight excluding hydrogens is 352 g/mol. The number of methoxy groups -OCH3 is 1. The van der Waals surface area contributed by atoms with Gasteiger partial charge < -0.3 is 10.1 Å². The summed E-state index contributed by atoms with van der Waals surface area (Å²) in [5, 5.41) is 6.00. The highest BCUT2D eigenvalue weighted by Gasteiger charge is 2.10. The number of aromatic nitrogens is 1. The number of hydrogen-bond donors (Lipinski definition) is 2. The summed E-state index contributed by atoms with van der Waals surface area (Å²) in [6.07, 6.45) is 3.45. The number of guanidine groups is 1. The lowest BCUT2D eigenvalue weighted by Gasteiger charge is -2.13. The van der Waals surface area contributed by atoms with Crippen molar-refractivity contribution in [3.63, 3.8) is 0 Å². The summed E-state index contributed by atoms with van der Waals surface area (Å²) in [7, 11) is 1.61. The highest BCUT2D eigenvalue weighted by molar-refractivity contribution is 6.10. The van der Waals surface area contributed by atoms with Crippen LogP contribution in [-0.2, 0) is 6.54 Å². The summed E-state index contributed by atoms with van der Waals surface area (Å²) in [5.41, 5.74) is 3.36. The van der Waals surface area contributed by atoms with E-state index in [1.165, 1.54) is 0 Å². The van der Waals surface area contributed by atoms with Crippen LogP contribution in [0.15, 0.2) is 78.0 Å². The van der Waals surface area contributed by atoms with Crippen LogP contribution in [0.2, 0.25) is 0 Å². The first-order valence-electron chi connectivity index (χ1n) is 8.86. The van der Waals surface area contributed by atoms with Crippen molar-refractivity contribution in [3.8, 4) is 5.75 Å². The number of ether oxygens (including phenoxy) is 1. The molecule has 1 aromatic heterocycles. The van der Waals surface area contributed by atoms with Crippen molar-refractivity contribution in [2.75, 3.05) is 12.4 Å². The van der Waals surface area contributed by atoms with Crippen LogP contribution in [0.5, 0.6) is 5.75 Å². The Morgan fingerprint density at radius 1 is 1.11 bits per heavy atom. The van der Waals surface area contributed by atoms with Crippen molar-refractivity contribution in [2.24, 2.45) is 4.99 Å². The largest absolute Gasteiger partial charge is 0.497 e. The number of rotatable bonds is 5. The molecule has 0 radical (unpaired) electrons. The zero-order valence-electron chi connectivity index (χ0n) is 15.8. The van der Waals surface area contributed by atoms with Crippen LogP contribution in [-0.4, -0.2) is 24.0 Å². The van der Waals surface area contributed by atoms with Gasteiger partial charge >= 0.3 is 0 Å². The molecule has 3 aromatic rings. The van der Waals surface area contributed by atoms with Crippen molar-refractivity contribution >= 4 is 17.6 Å². The van der Waals surface area contributed by atoms with Crippen molar-refractivity contribution in [2.45, 2.75) is 13.5 Å². The van der Waals surface area contributed by atoms with Crippen LogP contribution in [0.1, 0.15) is 21.5 Å². The van der Waals surface area contributed by atoms with Crippen LogP contribution < -0.4 is 15.4 Å². The van der Waals surface area contributed by atoms with Gasteiger partial charge in [0.1, 0.15) is 5.75 Å². The summed E-state index contributed by atoms with van der Waals surface area (Å²) >= 11 is 0. The first kappa shape index (κ1) is 19.1. The number of aryl methyl sites for hydroxylation is 1. The van der Waals surface area contributed by atoms with E-state index in [0.29, 0.717) is 23.8 Å². The zero-order valence-corrected chi connectivity index (χ0v) is 15.8. The van der Waals surface area contributed by atoms with E-state index in [2.05, 4.69) is 20.6 Å². The third-order valence-electron chi connectivity index (χ3n) is 4.02. The van der Waals surface area contributed by atoms with Crippen LogP contribution >= 0.6 is 0 Å². The monoisotopic (exact) mass is 374 g/mol. The predicted molar refractivity (Wildman–Crippen MR) is 111 cm³/mol. The highest BCUT2D eigenvalue weighted by Crippen LogP contribution is 2.16. The summed E-state index contributed by atoms with van der Waals surface area (Å²) < 4.78 is 5.25. The topological polar surface area (TPSA) is 75.6 Å². The lowest BCUT2D eigenvalue weighted by Crippen LogP contribution is -2.36. The maximum absolute atomic E-state index is 12.6. The Kier molecular flexibility index (Phi) is 6.36. The maximum atomic E-state index is 12.6. The molecule has 0 saturated carbocycles. The molecule has 142 valence electrons. The van der Waals surface area contributed by atoms with E-state index in [1.807, 2.05) is 55.5 Å². The van der Waals surface area contributed by atoms with E-state index < -0.39 is 0 Å². The van der Waals surface area contributed by atoms with Gasteiger partial charge in [-0.3, -0.25) is 15.1 Å². The molecule has 0 bridgehead atoms. The van der Waals surface area contributed by atoms with Gasteiger partial charge in [-0.05, 0) is 42.8 Å². The molecule has 0 aliphatic carbocycles. The minimum atomic E-state index is -0.236. The molecule has 3 rings (SSSR count). The van der Waals surface area contributed by atoms with Gasteiger partial charge in [-0.15, -0.1) is 0 Å². The molecule has 2 N–H and O–H groups in total. The van der Waals surface area contributed by atoms with Crippen molar-refractivity contribution in [1.29, 1.82) is 0 Å². The first-order chi connectivity index (χ1) is 13.6. The molecule has 2 aromatic carbocycles. The SMILES string of the molecule is COc1cccc(NC(=NCc2cccnc2)NC(=O)c2ccc(C)cc2)c1. The van der Waals surface area contributed by atoms with Gasteiger partial charge in [0.2, 0.25) is 5.96 Å². The second-order valence-corrected chi connectivity index (χ2v) is 6.20. The third kappa shape index (κ3) is 5.41. The Hall–Kier alpha value is -3.67. The number of nitrogens with one attached hydrogen (secondary N) is 2. The second-order valence-electron chi connectivity index (χ2n) is 6.20. The number of pyridine rings is 1. The minimum absolute atomic E-state index is 0.236. The lowest BCUT2D eigenvalue weighted by atomic mass is 10.1. The molecule has 6 heteroatoms. The molecule has 0 aliphatic heterocycles. The molecule has 0 atom stereocenters. The molecule has 0 fully saturated rings. The number of nitrogens with zero attached hydrogens (tertiary/aromatic N) is 2. The fraction of sp³-hybridized carbons (Fsp3) is 0.136. The molecule has 28 heavy (non-hydrogen) atoms. The molecule has 6 nitrogen and oxygen atoms in total. The van der Waals surface area contributed by atoms with E-state index >= 15 is 0 Å². The van der Waals surface area contributed by atoms with Gasteiger partial charge in [0.05, 0.1) is 13.7 Å². The Balaban J connectivity index is 1.80. The lowest BCUT2D eigenvalue weighted by molar-refractivity contribution is 0.0977. The Labute approximate surface area is 164 Å². The Bertz CT molecular complexity index is 954. The Morgan fingerprint density at radius 3 is 2.64 bits per heavy atom. The first-order valence-corrected chi connectivity index (χ1v) is 8.86. The zero-order chi connectivity index (χ0) is 19.8. The van der Waals surface area contributed by atoms with Gasteiger partial charge in [-0.1, -0.05) is 29.8 Å². The van der Waals surface area contributed by atoms with Crippen LogP contribution in [0.25, 0.3) is 0 Å². The standard InChI is InChI=1S/C22H22N4O2/c1-16-8-10-18(11-9-16)21(27)26-22(24-15-17-5-4-12-23-14-17)25-19-6-3-7-20(13-19)28-2/h3-14H,15H2,1-2H3,(H2,24,25,26,27). The van der Waals surface area contributed by atoms with E-state index in [1.54, 1.807) is 31.6 Å². The highest BCUT2D eigenvalue weighted by atomic mass is 16.5. The predicted octanol–water partition coefficient (Wildman–Crippen LogP) is 3.80. The second kappa shape index (κ2) is 9.32. The number of anilines is 1. The smallest absolute Gasteiger partial charge is 0.257 e. The molecule has 0 spiro atoms. The molecule has 1 heterocycles. The summed E-state index contributed by atoms with van der Waals surface area (Å²) in [6.45, 7) is 2.36. The van der Waals surface area contributed by atoms with Crippen molar-refractivity contribution in [3.05, 3.63) is 89.7 Å². The number of carbonyl (C=O) groups is 1. The van der Waals surface area contributed by atoms with Gasteiger partial charge in [0, 0.05) is 29.7 Å². The van der Waals surface area contributed by atoms with Crippen molar-refractivity contribution < 1.29 is 9.53 Å². The van der Waals surface area contributed by atoms with Crippen LogP contribution in [0, 0.1) is 6.92 Å². The summed E-state index contributed by atoms with van der Waals surface area (Å²) in [6, 6.07) is 18.6. The molecule has 1 amide bonds. The van der Waals surface area contributed by atoms with E-state index in [-0.39, 0.29) is 5.91 Å². The number of aliphatic imine (C=N–C) groups is 1. The van der Waals surface area contributed by atoms with Gasteiger partial charge in [-0.2, -0.15) is 0 Å². The van der Waals surface area contributed by atoms with Gasteiger partial charge in [0.25, 0.3) is 5.91 Å². The summed E-state index contributed by atoms with van der Waals surface area (Å²) in [5.74, 6) is 0.824. The fourth-order valence-electron chi connectivity index (χ4n) is 2.49. The molecule has 0 saturated heterocycles. The Morgan fingerprint density at radius 2 is 1.93 bits per heavy atom. The van der Waals surface area contributed by atoms with E-state index in [4.69, 9.17) is 4.74 Å². The fourth-order valence-corrected chi connectivity index (χ4v) is 2.49. The summed E-state index contributed by atoms with van der Waals surface area (Å²) in [4.78, 5) is 21.2. The van der Waals surface area contributed by atoms with E-state index in [9.17, 15) is 4.79 Å². The van der Waals surface area contributed by atoms with Gasteiger partial charge in [-0.25, -0.2) is 4.99 Å². The number of carbonyl (C=O) groups excluding carboxylic acids is 1. The number of amides is 1. The van der Waals surface area contributed by atoms with Crippen LogP contribution in [0.4, 0.5) is 5.69 Å². The van der Waals surface area contributed by atoms with Crippen molar-refractivity contribution in [1.82, 2.24) is 10.3 Å². The quantitative estimate of drug-likeness (QED) is 0.526. The third-order valence-corrected chi connectivity index (χ3v) is 4.02.